The smallest absolute Gasteiger partial charge is 0.253 e. The fraction of sp³-hybridized carbons (Fsp3) is 0.333. The van der Waals surface area contributed by atoms with Crippen LogP contribution in [0.3, 0.4) is 0 Å². The van der Waals surface area contributed by atoms with E-state index in [0.717, 1.165) is 42.2 Å². The van der Waals surface area contributed by atoms with Crippen LogP contribution >= 0.6 is 0 Å². The monoisotopic (exact) mass is 347 g/mol. The molecule has 2 aliphatic rings. The van der Waals surface area contributed by atoms with E-state index in [2.05, 4.69) is 17.9 Å². The Kier molecular flexibility index (Phi) is 4.04. The summed E-state index contributed by atoms with van der Waals surface area (Å²) in [7, 11) is 1.64. The first kappa shape index (κ1) is 16.5. The van der Waals surface area contributed by atoms with E-state index in [0.29, 0.717) is 5.56 Å². The first-order valence-electron chi connectivity index (χ1n) is 8.91. The summed E-state index contributed by atoms with van der Waals surface area (Å²) in [5, 5.41) is 9.87. The van der Waals surface area contributed by atoms with Crippen molar-refractivity contribution >= 4 is 11.6 Å². The van der Waals surface area contributed by atoms with Gasteiger partial charge in [-0.25, -0.2) is 0 Å². The lowest BCUT2D eigenvalue weighted by Gasteiger charge is -2.28. The zero-order valence-corrected chi connectivity index (χ0v) is 15.0. The minimum absolute atomic E-state index is 0.0579. The maximum atomic E-state index is 12.2. The molecule has 5 heteroatoms. The van der Waals surface area contributed by atoms with Gasteiger partial charge in [-0.05, 0) is 48.4 Å². The number of rotatable bonds is 4. The van der Waals surface area contributed by atoms with Gasteiger partial charge in [0.25, 0.3) is 5.91 Å². The molecule has 0 N–H and O–H groups in total. The van der Waals surface area contributed by atoms with Crippen LogP contribution in [0.4, 0.5) is 5.69 Å². The Labute approximate surface area is 153 Å². The third kappa shape index (κ3) is 2.59. The van der Waals surface area contributed by atoms with Gasteiger partial charge in [-0.15, -0.1) is 0 Å². The van der Waals surface area contributed by atoms with Crippen molar-refractivity contribution < 1.29 is 9.53 Å². The lowest BCUT2D eigenvalue weighted by molar-refractivity contribution is 0.0885. The maximum absolute atomic E-state index is 12.2. The second kappa shape index (κ2) is 6.38. The Morgan fingerprint density at radius 3 is 2.54 bits per heavy atom. The number of anilines is 1. The number of nitrogens with zero attached hydrogens (tertiary/aromatic N) is 3. The summed E-state index contributed by atoms with van der Waals surface area (Å²) in [5.74, 6) is 0.578. The molecule has 2 unspecified atom stereocenters. The Morgan fingerprint density at radius 1 is 1.23 bits per heavy atom. The highest BCUT2D eigenvalue weighted by atomic mass is 16.5. The van der Waals surface area contributed by atoms with Crippen LogP contribution in [0.1, 0.15) is 40.4 Å². The van der Waals surface area contributed by atoms with Crippen LogP contribution in [-0.4, -0.2) is 37.6 Å². The molecule has 26 heavy (non-hydrogen) atoms. The standard InChI is InChI=1S/C21H21N3O2/c1-3-24-19-9-8-16(26-2)12-17(19)18(13-22)20(24)14-4-6-15(7-5-14)21(25)23-10-11-23/h4-9,12,18,20H,3,10-11H2,1-2H3. The Morgan fingerprint density at radius 2 is 1.96 bits per heavy atom. The van der Waals surface area contributed by atoms with E-state index in [1.807, 2.05) is 47.4 Å². The molecule has 2 aliphatic heterocycles. The second-order valence-corrected chi connectivity index (χ2v) is 6.68. The van der Waals surface area contributed by atoms with E-state index in [9.17, 15) is 10.1 Å². The minimum Gasteiger partial charge on any atom is -0.497 e. The number of hydrogen-bond donors (Lipinski definition) is 0. The van der Waals surface area contributed by atoms with Crippen molar-refractivity contribution in [2.75, 3.05) is 31.6 Å². The fourth-order valence-electron chi connectivity index (χ4n) is 3.81. The average molecular weight is 347 g/mol. The number of benzene rings is 2. The molecule has 1 saturated heterocycles. The highest BCUT2D eigenvalue weighted by Crippen LogP contribution is 2.49. The molecule has 0 radical (unpaired) electrons. The van der Waals surface area contributed by atoms with Crippen LogP contribution in [0.5, 0.6) is 5.75 Å². The summed E-state index contributed by atoms with van der Waals surface area (Å²) in [6.45, 7) is 4.59. The van der Waals surface area contributed by atoms with E-state index in [1.54, 1.807) is 7.11 Å². The predicted octanol–water partition coefficient (Wildman–Crippen LogP) is 3.34. The molecule has 2 atom stereocenters. The van der Waals surface area contributed by atoms with E-state index in [-0.39, 0.29) is 17.9 Å². The van der Waals surface area contributed by atoms with E-state index >= 15 is 0 Å². The number of hydrogen-bond acceptors (Lipinski definition) is 4. The summed E-state index contributed by atoms with van der Waals surface area (Å²) in [4.78, 5) is 16.2. The Hall–Kier alpha value is -3.00. The molecule has 5 nitrogen and oxygen atoms in total. The SMILES string of the molecule is CCN1c2ccc(OC)cc2C(C#N)C1c1ccc(C(=O)N2CC2)cc1. The van der Waals surface area contributed by atoms with E-state index < -0.39 is 0 Å². The van der Waals surface area contributed by atoms with Crippen LogP contribution in [0, 0.1) is 11.3 Å². The van der Waals surface area contributed by atoms with Crippen molar-refractivity contribution in [1.82, 2.24) is 4.90 Å². The molecule has 132 valence electrons. The number of likely N-dealkylation sites (N-methyl/N-ethyl adjacent to an activating group) is 1. The summed E-state index contributed by atoms with van der Waals surface area (Å²) in [5.41, 5.74) is 3.84. The zero-order chi connectivity index (χ0) is 18.3. The van der Waals surface area contributed by atoms with E-state index in [4.69, 9.17) is 4.74 Å². The highest BCUT2D eigenvalue weighted by molar-refractivity contribution is 5.95. The minimum atomic E-state index is -0.270. The van der Waals surface area contributed by atoms with Crippen molar-refractivity contribution in [3.63, 3.8) is 0 Å². The molecule has 1 amide bonds. The summed E-state index contributed by atoms with van der Waals surface area (Å²) in [6, 6.07) is 16.1. The van der Waals surface area contributed by atoms with Gasteiger partial charge in [-0.2, -0.15) is 5.26 Å². The van der Waals surface area contributed by atoms with Gasteiger partial charge in [0.05, 0.1) is 25.1 Å². The van der Waals surface area contributed by atoms with Crippen molar-refractivity contribution in [3.8, 4) is 11.8 Å². The maximum Gasteiger partial charge on any atom is 0.253 e. The summed E-state index contributed by atoms with van der Waals surface area (Å²) >= 11 is 0. The van der Waals surface area contributed by atoms with Gasteiger partial charge in [-0.1, -0.05) is 12.1 Å². The highest BCUT2D eigenvalue weighted by Gasteiger charge is 2.39. The molecule has 2 aromatic rings. The van der Waals surface area contributed by atoms with Crippen LogP contribution in [-0.2, 0) is 0 Å². The lowest BCUT2D eigenvalue weighted by atomic mass is 9.91. The lowest BCUT2D eigenvalue weighted by Crippen LogP contribution is -2.26. The van der Waals surface area contributed by atoms with Gasteiger partial charge in [0.1, 0.15) is 5.75 Å². The van der Waals surface area contributed by atoms with E-state index in [1.165, 1.54) is 0 Å². The van der Waals surface area contributed by atoms with Gasteiger partial charge >= 0.3 is 0 Å². The van der Waals surface area contributed by atoms with Crippen LogP contribution in [0.15, 0.2) is 42.5 Å². The zero-order valence-electron chi connectivity index (χ0n) is 15.0. The largest absolute Gasteiger partial charge is 0.497 e. The quantitative estimate of drug-likeness (QED) is 0.796. The van der Waals surface area contributed by atoms with Gasteiger partial charge in [0, 0.05) is 30.9 Å². The molecule has 0 aliphatic carbocycles. The van der Waals surface area contributed by atoms with Crippen LogP contribution < -0.4 is 9.64 Å². The summed E-state index contributed by atoms with van der Waals surface area (Å²) < 4.78 is 5.34. The molecule has 1 fully saturated rings. The third-order valence-corrected chi connectivity index (χ3v) is 5.24. The van der Waals surface area contributed by atoms with Gasteiger partial charge < -0.3 is 14.5 Å². The molecule has 2 aromatic carbocycles. The van der Waals surface area contributed by atoms with Crippen molar-refractivity contribution in [1.29, 1.82) is 5.26 Å². The molecule has 0 spiro atoms. The molecule has 0 saturated carbocycles. The van der Waals surface area contributed by atoms with Crippen molar-refractivity contribution in [2.24, 2.45) is 0 Å². The second-order valence-electron chi connectivity index (χ2n) is 6.68. The Bertz CT molecular complexity index is 881. The first-order valence-corrected chi connectivity index (χ1v) is 8.91. The first-order chi connectivity index (χ1) is 12.7. The van der Waals surface area contributed by atoms with Gasteiger partial charge in [0.15, 0.2) is 0 Å². The number of fused-ring (bicyclic) bond motifs is 1. The Balaban J connectivity index is 1.70. The molecule has 0 bridgehead atoms. The number of ether oxygens (including phenoxy) is 1. The molecule has 0 aromatic heterocycles. The number of nitriles is 1. The number of carbonyl (C=O) groups excluding carboxylic acids is 1. The predicted molar refractivity (Wildman–Crippen MR) is 99.5 cm³/mol. The summed E-state index contributed by atoms with van der Waals surface area (Å²) in [6.07, 6.45) is 0. The third-order valence-electron chi connectivity index (χ3n) is 5.24. The van der Waals surface area contributed by atoms with Gasteiger partial charge in [-0.3, -0.25) is 4.79 Å². The number of amides is 1. The topological polar surface area (TPSA) is 56.3 Å². The number of carbonyl (C=O) groups is 1. The molecular weight excluding hydrogens is 326 g/mol. The van der Waals surface area contributed by atoms with Crippen molar-refractivity contribution in [2.45, 2.75) is 18.9 Å². The van der Waals surface area contributed by atoms with Crippen LogP contribution in [0.2, 0.25) is 0 Å². The molecule has 4 rings (SSSR count). The normalized spacial score (nSPS) is 20.5. The number of methoxy groups -OCH3 is 1. The molecule has 2 heterocycles. The van der Waals surface area contributed by atoms with Crippen molar-refractivity contribution in [3.05, 3.63) is 59.2 Å². The average Bonchev–Trinajstić information content (AvgIpc) is 3.48. The van der Waals surface area contributed by atoms with Gasteiger partial charge in [0.2, 0.25) is 0 Å². The fourth-order valence-corrected chi connectivity index (χ4v) is 3.81. The van der Waals surface area contributed by atoms with Crippen LogP contribution in [0.25, 0.3) is 0 Å². The molecular formula is C21H21N3O2.